The van der Waals surface area contributed by atoms with Gasteiger partial charge >= 0.3 is 0 Å². The lowest BCUT2D eigenvalue weighted by Gasteiger charge is -2.58. The van der Waals surface area contributed by atoms with Gasteiger partial charge < -0.3 is 14.6 Å². The summed E-state index contributed by atoms with van der Waals surface area (Å²) in [6, 6.07) is 0. The maximum Gasteiger partial charge on any atom is 0.192 e. The molecule has 0 heterocycles. The van der Waals surface area contributed by atoms with Crippen molar-refractivity contribution < 1.29 is 14.6 Å². The molecule has 0 aromatic heterocycles. The number of fused-ring (bicyclic) bond motifs is 5. The molecular weight excluding hydrogens is 376 g/mol. The SMILES string of the molecule is CC(C)(C)[Si](C)(C)OC1CC[C@@]2(CO)C(=CC[C@@H]3[C@H]2CC[C@]2(C)C(O)CC[C@@H]32)C1. The van der Waals surface area contributed by atoms with Gasteiger partial charge in [0, 0.05) is 11.5 Å². The van der Waals surface area contributed by atoms with Crippen molar-refractivity contribution in [3.05, 3.63) is 11.6 Å². The molecule has 4 aliphatic carbocycles. The fourth-order valence-corrected chi connectivity index (χ4v) is 8.77. The summed E-state index contributed by atoms with van der Waals surface area (Å²) in [4.78, 5) is 0. The first kappa shape index (κ1) is 22.0. The van der Waals surface area contributed by atoms with Gasteiger partial charge in [0.05, 0.1) is 12.7 Å². The molecule has 0 saturated heterocycles. The molecule has 0 spiro atoms. The van der Waals surface area contributed by atoms with Crippen molar-refractivity contribution in [2.45, 2.75) is 109 Å². The van der Waals surface area contributed by atoms with Crippen LogP contribution in [0.15, 0.2) is 11.6 Å². The van der Waals surface area contributed by atoms with Gasteiger partial charge in [-0.3, -0.25) is 0 Å². The Bertz CT molecular complexity index is 665. The predicted molar refractivity (Wildman–Crippen MR) is 121 cm³/mol. The summed E-state index contributed by atoms with van der Waals surface area (Å²) >= 11 is 0. The van der Waals surface area contributed by atoms with E-state index in [1.54, 1.807) is 0 Å². The van der Waals surface area contributed by atoms with Crippen LogP contribution in [0.1, 0.15) is 79.1 Å². The van der Waals surface area contributed by atoms with E-state index in [0.29, 0.717) is 30.5 Å². The Morgan fingerprint density at radius 1 is 1.10 bits per heavy atom. The Labute approximate surface area is 179 Å². The zero-order valence-corrected chi connectivity index (χ0v) is 20.6. The molecule has 4 rings (SSSR count). The van der Waals surface area contributed by atoms with Crippen molar-refractivity contribution in [2.24, 2.45) is 28.6 Å². The molecule has 3 nitrogen and oxygen atoms in total. The maximum absolute atomic E-state index is 10.7. The maximum atomic E-state index is 10.7. The van der Waals surface area contributed by atoms with Crippen molar-refractivity contribution in [2.75, 3.05) is 6.61 Å². The number of aliphatic hydroxyl groups is 2. The average Bonchev–Trinajstić information content (AvgIpc) is 2.95. The minimum absolute atomic E-state index is 0.0227. The highest BCUT2D eigenvalue weighted by molar-refractivity contribution is 6.74. The van der Waals surface area contributed by atoms with Gasteiger partial charge in [-0.25, -0.2) is 0 Å². The minimum Gasteiger partial charge on any atom is -0.414 e. The fraction of sp³-hybridized carbons (Fsp3) is 0.920. The number of hydrogen-bond donors (Lipinski definition) is 2. The molecule has 0 aromatic carbocycles. The molecule has 7 atom stereocenters. The normalized spacial score (nSPS) is 45.2. The van der Waals surface area contributed by atoms with E-state index in [9.17, 15) is 10.2 Å². The van der Waals surface area contributed by atoms with Crippen LogP contribution >= 0.6 is 0 Å². The molecule has 0 aromatic rings. The first-order chi connectivity index (χ1) is 13.4. The number of hydrogen-bond acceptors (Lipinski definition) is 3. The average molecular weight is 421 g/mol. The van der Waals surface area contributed by atoms with E-state index in [2.05, 4.69) is 46.9 Å². The van der Waals surface area contributed by atoms with E-state index in [0.717, 1.165) is 38.5 Å². The summed E-state index contributed by atoms with van der Waals surface area (Å²) in [7, 11) is -1.77. The van der Waals surface area contributed by atoms with Gasteiger partial charge in [0.15, 0.2) is 8.32 Å². The molecule has 4 aliphatic rings. The van der Waals surface area contributed by atoms with Gasteiger partial charge in [0.25, 0.3) is 0 Å². The highest BCUT2D eigenvalue weighted by atomic mass is 28.4. The quantitative estimate of drug-likeness (QED) is 0.456. The largest absolute Gasteiger partial charge is 0.414 e. The van der Waals surface area contributed by atoms with Crippen LogP contribution in [-0.4, -0.2) is 37.3 Å². The molecular formula is C25H44O3Si. The van der Waals surface area contributed by atoms with Gasteiger partial charge in [-0.05, 0) is 92.7 Å². The Morgan fingerprint density at radius 2 is 1.83 bits per heavy atom. The molecule has 3 fully saturated rings. The lowest BCUT2D eigenvalue weighted by Crippen LogP contribution is -2.54. The third-order valence-corrected chi connectivity index (χ3v) is 14.8. The Balaban J connectivity index is 1.56. The van der Waals surface area contributed by atoms with Crippen LogP contribution in [0.5, 0.6) is 0 Å². The zero-order valence-electron chi connectivity index (χ0n) is 19.6. The van der Waals surface area contributed by atoms with Crippen molar-refractivity contribution in [3.8, 4) is 0 Å². The minimum atomic E-state index is -1.77. The van der Waals surface area contributed by atoms with Crippen LogP contribution < -0.4 is 0 Å². The lowest BCUT2D eigenvalue weighted by atomic mass is 9.47. The summed E-state index contributed by atoms with van der Waals surface area (Å²) in [5.41, 5.74) is 1.58. The van der Waals surface area contributed by atoms with Crippen LogP contribution in [0.4, 0.5) is 0 Å². The monoisotopic (exact) mass is 420 g/mol. The van der Waals surface area contributed by atoms with E-state index in [-0.39, 0.29) is 22.0 Å². The molecule has 0 amide bonds. The van der Waals surface area contributed by atoms with Crippen LogP contribution in [-0.2, 0) is 4.43 Å². The standard InChI is InChI=1S/C25H44O3Si/c1-23(2,3)29(5,6)28-18-11-14-25(16-26)17(15-18)7-8-19-20-9-10-22(27)24(20,4)13-12-21(19)25/h7,18-22,26-27H,8-16H2,1-6H3/t18?,19-,20-,21+,22?,24-,25+/m0/s1. The Hall–Kier alpha value is -0.163. The molecule has 0 radical (unpaired) electrons. The highest BCUT2D eigenvalue weighted by Gasteiger charge is 2.59. The third kappa shape index (κ3) is 3.32. The molecule has 29 heavy (non-hydrogen) atoms. The topological polar surface area (TPSA) is 49.7 Å². The summed E-state index contributed by atoms with van der Waals surface area (Å²) < 4.78 is 6.80. The van der Waals surface area contributed by atoms with E-state index in [4.69, 9.17) is 4.43 Å². The van der Waals surface area contributed by atoms with Gasteiger partial charge in [-0.2, -0.15) is 0 Å². The van der Waals surface area contributed by atoms with E-state index >= 15 is 0 Å². The lowest BCUT2D eigenvalue weighted by molar-refractivity contribution is -0.0882. The highest BCUT2D eigenvalue weighted by Crippen LogP contribution is 2.65. The first-order valence-corrected chi connectivity index (χ1v) is 15.0. The molecule has 3 saturated carbocycles. The van der Waals surface area contributed by atoms with Gasteiger partial charge in [-0.15, -0.1) is 0 Å². The molecule has 166 valence electrons. The van der Waals surface area contributed by atoms with Gasteiger partial charge in [-0.1, -0.05) is 39.3 Å². The van der Waals surface area contributed by atoms with E-state index in [1.165, 1.54) is 18.4 Å². The fourth-order valence-electron chi connectivity index (χ4n) is 7.38. The van der Waals surface area contributed by atoms with Crippen molar-refractivity contribution in [3.63, 3.8) is 0 Å². The predicted octanol–water partition coefficient (Wildman–Crippen LogP) is 5.67. The molecule has 2 unspecified atom stereocenters. The molecule has 4 heteroatoms. The summed E-state index contributed by atoms with van der Waals surface area (Å²) in [6.45, 7) is 14.3. The number of rotatable bonds is 3. The second-order valence-electron chi connectivity index (χ2n) is 12.5. The number of aliphatic hydroxyl groups excluding tert-OH is 2. The Kier molecular flexibility index (Phi) is 5.46. The third-order valence-electron chi connectivity index (χ3n) is 10.3. The van der Waals surface area contributed by atoms with Crippen molar-refractivity contribution >= 4 is 8.32 Å². The van der Waals surface area contributed by atoms with Crippen LogP contribution in [0.2, 0.25) is 18.1 Å². The Morgan fingerprint density at radius 3 is 2.48 bits per heavy atom. The second kappa shape index (κ2) is 7.18. The van der Waals surface area contributed by atoms with Crippen LogP contribution in [0.25, 0.3) is 0 Å². The van der Waals surface area contributed by atoms with Crippen LogP contribution in [0, 0.1) is 28.6 Å². The van der Waals surface area contributed by atoms with Gasteiger partial charge in [0.2, 0.25) is 0 Å². The zero-order chi connectivity index (χ0) is 21.2. The van der Waals surface area contributed by atoms with Crippen LogP contribution in [0.3, 0.4) is 0 Å². The van der Waals surface area contributed by atoms with E-state index in [1.807, 2.05) is 0 Å². The molecule has 0 bridgehead atoms. The smallest absolute Gasteiger partial charge is 0.192 e. The first-order valence-electron chi connectivity index (χ1n) is 12.1. The van der Waals surface area contributed by atoms with E-state index < -0.39 is 8.32 Å². The summed E-state index contributed by atoms with van der Waals surface area (Å²) in [5.74, 6) is 1.85. The molecule has 0 aliphatic heterocycles. The number of allylic oxidation sites excluding steroid dienone is 1. The van der Waals surface area contributed by atoms with Gasteiger partial charge in [0.1, 0.15) is 0 Å². The molecule has 2 N–H and O–H groups in total. The summed E-state index contributed by atoms with van der Waals surface area (Å²) in [6.07, 6.45) is 11.4. The van der Waals surface area contributed by atoms with Crippen molar-refractivity contribution in [1.29, 1.82) is 0 Å². The summed E-state index contributed by atoms with van der Waals surface area (Å²) in [5, 5.41) is 21.6. The van der Waals surface area contributed by atoms with Crippen molar-refractivity contribution in [1.82, 2.24) is 0 Å². The second-order valence-corrected chi connectivity index (χ2v) is 17.3.